The Morgan fingerprint density at radius 1 is 1.15 bits per heavy atom. The van der Waals surface area contributed by atoms with E-state index in [1.165, 1.54) is 12.1 Å². The molecule has 0 saturated carbocycles. The van der Waals surface area contributed by atoms with Gasteiger partial charge in [0.05, 0.1) is 21.9 Å². The number of nitrogens with two attached hydrogens (primary N) is 1. The summed E-state index contributed by atoms with van der Waals surface area (Å²) < 4.78 is 0.651. The molecule has 0 saturated heterocycles. The van der Waals surface area contributed by atoms with Crippen LogP contribution in [0.3, 0.4) is 0 Å². The largest absolute Gasteiger partial charge is 0.383 e. The van der Waals surface area contributed by atoms with Gasteiger partial charge in [-0.25, -0.2) is 4.98 Å². The molecule has 0 aliphatic rings. The van der Waals surface area contributed by atoms with Crippen molar-refractivity contribution in [1.29, 1.82) is 10.5 Å². The summed E-state index contributed by atoms with van der Waals surface area (Å²) in [6, 6.07) is 15.5. The standard InChI is InChI=1S/C21H12Br2N6O3S/c22-15-6-12(29(31)32)7-16(23)19(15)27-17(30)10-33-21-14(9-25)18(11-4-2-1-3-5-11)13(8-24)20(26)28-21/h1-7H,10H2,(H2,26,28)(H,27,30). The van der Waals surface area contributed by atoms with Crippen LogP contribution in [-0.2, 0) is 4.79 Å². The summed E-state index contributed by atoms with van der Waals surface area (Å²) in [6.07, 6.45) is 0. The first-order valence-electron chi connectivity index (χ1n) is 9.02. The molecule has 3 N–H and O–H groups in total. The zero-order valence-corrected chi connectivity index (χ0v) is 20.5. The number of amides is 1. The van der Waals surface area contributed by atoms with E-state index in [0.29, 0.717) is 25.8 Å². The minimum atomic E-state index is -0.550. The highest BCUT2D eigenvalue weighted by Crippen LogP contribution is 2.37. The van der Waals surface area contributed by atoms with Crippen LogP contribution in [0.25, 0.3) is 11.1 Å². The number of nitro benzene ring substituents is 1. The lowest BCUT2D eigenvalue weighted by molar-refractivity contribution is -0.385. The Morgan fingerprint density at radius 2 is 1.76 bits per heavy atom. The number of nitrogens with zero attached hydrogens (tertiary/aromatic N) is 4. The Bertz CT molecular complexity index is 1330. The molecule has 3 aromatic rings. The summed E-state index contributed by atoms with van der Waals surface area (Å²) in [5.41, 5.74) is 7.37. The molecule has 164 valence electrons. The quantitative estimate of drug-likeness (QED) is 0.225. The predicted octanol–water partition coefficient (Wildman–Crippen LogP) is 5.24. The van der Waals surface area contributed by atoms with Crippen molar-refractivity contribution in [2.24, 2.45) is 0 Å². The van der Waals surface area contributed by atoms with Gasteiger partial charge in [0.15, 0.2) is 0 Å². The van der Waals surface area contributed by atoms with Crippen LogP contribution >= 0.6 is 43.6 Å². The first-order valence-corrected chi connectivity index (χ1v) is 11.6. The van der Waals surface area contributed by atoms with E-state index in [0.717, 1.165) is 11.8 Å². The average Bonchev–Trinajstić information content (AvgIpc) is 2.79. The van der Waals surface area contributed by atoms with E-state index in [2.05, 4.69) is 48.2 Å². The van der Waals surface area contributed by atoms with Crippen molar-refractivity contribution in [3.8, 4) is 23.3 Å². The first kappa shape index (κ1) is 24.2. The maximum absolute atomic E-state index is 12.6. The van der Waals surface area contributed by atoms with Gasteiger partial charge in [-0.05, 0) is 37.4 Å². The van der Waals surface area contributed by atoms with Crippen LogP contribution in [-0.4, -0.2) is 21.6 Å². The lowest BCUT2D eigenvalue weighted by atomic mass is 9.97. The van der Waals surface area contributed by atoms with Crippen LogP contribution in [0.4, 0.5) is 17.2 Å². The van der Waals surface area contributed by atoms with Gasteiger partial charge in [0.2, 0.25) is 5.91 Å². The molecule has 1 heterocycles. The highest BCUT2D eigenvalue weighted by atomic mass is 79.9. The number of benzene rings is 2. The molecule has 0 unspecified atom stereocenters. The van der Waals surface area contributed by atoms with E-state index in [-0.39, 0.29) is 33.4 Å². The molecule has 2 aromatic carbocycles. The number of nitrogens with one attached hydrogen (secondary N) is 1. The molecule has 0 fully saturated rings. The summed E-state index contributed by atoms with van der Waals surface area (Å²) in [4.78, 5) is 27.2. The number of carbonyl (C=O) groups excluding carboxylic acids is 1. The van der Waals surface area contributed by atoms with Crippen molar-refractivity contribution in [3.63, 3.8) is 0 Å². The molecule has 9 nitrogen and oxygen atoms in total. The number of nitriles is 2. The normalized spacial score (nSPS) is 10.2. The molecular formula is C21H12Br2N6O3S. The summed E-state index contributed by atoms with van der Waals surface area (Å²) in [7, 11) is 0. The van der Waals surface area contributed by atoms with Crippen molar-refractivity contribution in [2.45, 2.75) is 5.03 Å². The Morgan fingerprint density at radius 3 is 2.30 bits per heavy atom. The number of pyridine rings is 1. The lowest BCUT2D eigenvalue weighted by Crippen LogP contribution is -2.15. The molecule has 1 amide bonds. The van der Waals surface area contributed by atoms with Gasteiger partial charge in [-0.1, -0.05) is 42.1 Å². The summed E-state index contributed by atoms with van der Waals surface area (Å²) in [6.45, 7) is 0. The fourth-order valence-corrected chi connectivity index (χ4v) is 5.05. The fraction of sp³-hybridized carbons (Fsp3) is 0.0476. The van der Waals surface area contributed by atoms with Gasteiger partial charge in [0.1, 0.15) is 28.5 Å². The molecule has 12 heteroatoms. The second kappa shape index (κ2) is 10.4. The van der Waals surface area contributed by atoms with E-state index in [1.807, 2.05) is 6.07 Å². The molecular weight excluding hydrogens is 576 g/mol. The van der Waals surface area contributed by atoms with Crippen LogP contribution in [0.15, 0.2) is 56.4 Å². The second-order valence-electron chi connectivity index (χ2n) is 6.40. The maximum Gasteiger partial charge on any atom is 0.271 e. The van der Waals surface area contributed by atoms with Crippen molar-refractivity contribution >= 4 is 66.7 Å². The predicted molar refractivity (Wildman–Crippen MR) is 131 cm³/mol. The lowest BCUT2D eigenvalue weighted by Gasteiger charge is -2.13. The van der Waals surface area contributed by atoms with Gasteiger partial charge >= 0.3 is 0 Å². The fourth-order valence-electron chi connectivity index (χ4n) is 2.89. The number of aromatic nitrogens is 1. The number of carbonyl (C=O) groups is 1. The van der Waals surface area contributed by atoms with Gasteiger partial charge in [0, 0.05) is 26.6 Å². The smallest absolute Gasteiger partial charge is 0.271 e. The number of hydrogen-bond donors (Lipinski definition) is 2. The van der Waals surface area contributed by atoms with Crippen LogP contribution in [0.1, 0.15) is 11.1 Å². The number of non-ortho nitro benzene ring substituents is 1. The first-order chi connectivity index (χ1) is 15.8. The number of rotatable bonds is 6. The number of hydrogen-bond acceptors (Lipinski definition) is 8. The highest BCUT2D eigenvalue weighted by Gasteiger charge is 2.22. The van der Waals surface area contributed by atoms with Crippen molar-refractivity contribution in [2.75, 3.05) is 16.8 Å². The Kier molecular flexibility index (Phi) is 7.66. The van der Waals surface area contributed by atoms with Crippen LogP contribution in [0, 0.1) is 32.8 Å². The summed E-state index contributed by atoms with van der Waals surface area (Å²) in [5.74, 6) is -0.610. The SMILES string of the molecule is N#Cc1c(N)nc(SCC(=O)Nc2c(Br)cc([N+](=O)[O-])cc2Br)c(C#N)c1-c1ccccc1. The number of nitro groups is 1. The van der Waals surface area contributed by atoms with E-state index in [4.69, 9.17) is 5.73 Å². The monoisotopic (exact) mass is 586 g/mol. The third-order valence-corrected chi connectivity index (χ3v) is 6.55. The second-order valence-corrected chi connectivity index (χ2v) is 9.07. The molecule has 0 aliphatic heterocycles. The topological polar surface area (TPSA) is 159 Å². The Hall–Kier alpha value is -3.45. The highest BCUT2D eigenvalue weighted by molar-refractivity contribution is 9.11. The third kappa shape index (κ3) is 5.31. The molecule has 3 rings (SSSR count). The van der Waals surface area contributed by atoms with Crippen molar-refractivity contribution in [1.82, 2.24) is 4.98 Å². The van der Waals surface area contributed by atoms with Crippen molar-refractivity contribution < 1.29 is 9.72 Å². The molecule has 0 radical (unpaired) electrons. The van der Waals surface area contributed by atoms with E-state index < -0.39 is 10.8 Å². The molecule has 0 aliphatic carbocycles. The van der Waals surface area contributed by atoms with Gasteiger partial charge < -0.3 is 11.1 Å². The van der Waals surface area contributed by atoms with Gasteiger partial charge in [-0.2, -0.15) is 10.5 Å². The van der Waals surface area contributed by atoms with E-state index in [9.17, 15) is 25.4 Å². The molecule has 0 atom stereocenters. The number of anilines is 2. The maximum atomic E-state index is 12.6. The molecule has 1 aromatic heterocycles. The van der Waals surface area contributed by atoms with Crippen LogP contribution in [0.2, 0.25) is 0 Å². The van der Waals surface area contributed by atoms with E-state index in [1.54, 1.807) is 30.3 Å². The molecule has 0 spiro atoms. The Labute approximate surface area is 209 Å². The molecule has 0 bridgehead atoms. The minimum absolute atomic E-state index is 0.0425. The summed E-state index contributed by atoms with van der Waals surface area (Å²) in [5, 5.41) is 33.2. The number of thioether (sulfide) groups is 1. The third-order valence-electron chi connectivity index (χ3n) is 4.32. The number of halogens is 2. The van der Waals surface area contributed by atoms with E-state index >= 15 is 0 Å². The van der Waals surface area contributed by atoms with Gasteiger partial charge in [-0.3, -0.25) is 14.9 Å². The average molecular weight is 588 g/mol. The zero-order chi connectivity index (χ0) is 24.1. The van der Waals surface area contributed by atoms with Gasteiger partial charge in [-0.15, -0.1) is 0 Å². The molecule has 33 heavy (non-hydrogen) atoms. The Balaban J connectivity index is 1.89. The van der Waals surface area contributed by atoms with Crippen LogP contribution in [0.5, 0.6) is 0 Å². The minimum Gasteiger partial charge on any atom is -0.383 e. The zero-order valence-electron chi connectivity index (χ0n) is 16.5. The summed E-state index contributed by atoms with van der Waals surface area (Å²) >= 11 is 7.42. The number of nitrogen functional groups attached to an aromatic ring is 1. The van der Waals surface area contributed by atoms with Crippen LogP contribution < -0.4 is 11.1 Å². The van der Waals surface area contributed by atoms with Gasteiger partial charge in [0.25, 0.3) is 5.69 Å². The van der Waals surface area contributed by atoms with Crippen molar-refractivity contribution in [3.05, 3.63) is 72.7 Å².